The summed E-state index contributed by atoms with van der Waals surface area (Å²) in [5.74, 6) is 1.51. The third kappa shape index (κ3) is 5.72. The Labute approximate surface area is 243 Å². The normalized spacial score (nSPS) is 26.4. The first kappa shape index (κ1) is 26.9. The first-order chi connectivity index (χ1) is 19.9. The van der Waals surface area contributed by atoms with E-state index in [1.807, 2.05) is 17.0 Å². The molecule has 4 aliphatic heterocycles. The maximum Gasteiger partial charge on any atom is 0.254 e. The second kappa shape index (κ2) is 11.0. The van der Waals surface area contributed by atoms with Crippen LogP contribution in [0.15, 0.2) is 48.5 Å². The average Bonchev–Trinajstić information content (AvgIpc) is 3.55. The Bertz CT molecular complexity index is 1430. The standard InChI is InChI=1S/C34H42N4O3/c1-34(2)18-25(12-15-40-34)32-10-6-24-16-23(5-9-31(24)36-32)20-37-14-11-29(22-37)41-28-7-8-30-26(17-28)21-38(33(30)39)27-4-3-13-35-19-27/h5-10,16-17,25,27,29,35H,3-4,11-15,18-22H2,1-2H3/t25-,27-,29-/m0/s1. The molecule has 7 nitrogen and oxygen atoms in total. The van der Waals surface area contributed by atoms with Crippen molar-refractivity contribution < 1.29 is 14.3 Å². The number of likely N-dealkylation sites (tertiary alicyclic amines) is 1. The molecular weight excluding hydrogens is 512 g/mol. The summed E-state index contributed by atoms with van der Waals surface area (Å²) in [6.45, 7) is 10.6. The molecule has 216 valence electrons. The molecule has 41 heavy (non-hydrogen) atoms. The van der Waals surface area contributed by atoms with Gasteiger partial charge in [0.15, 0.2) is 0 Å². The fraction of sp³-hybridized carbons (Fsp3) is 0.529. The van der Waals surface area contributed by atoms with Gasteiger partial charge in [-0.1, -0.05) is 12.1 Å². The minimum atomic E-state index is -0.0755. The van der Waals surface area contributed by atoms with E-state index in [9.17, 15) is 4.79 Å². The minimum Gasteiger partial charge on any atom is -0.489 e. The van der Waals surface area contributed by atoms with E-state index in [1.165, 1.54) is 16.6 Å². The summed E-state index contributed by atoms with van der Waals surface area (Å²) >= 11 is 0. The van der Waals surface area contributed by atoms with Crippen molar-refractivity contribution in [3.8, 4) is 5.75 Å². The van der Waals surface area contributed by atoms with Gasteiger partial charge in [-0.15, -0.1) is 0 Å². The molecule has 5 heterocycles. The molecule has 0 unspecified atom stereocenters. The van der Waals surface area contributed by atoms with Gasteiger partial charge in [0.05, 0.1) is 11.1 Å². The summed E-state index contributed by atoms with van der Waals surface area (Å²) in [6.07, 6.45) is 5.44. The number of benzene rings is 2. The van der Waals surface area contributed by atoms with Gasteiger partial charge >= 0.3 is 0 Å². The predicted octanol–water partition coefficient (Wildman–Crippen LogP) is 5.27. The van der Waals surface area contributed by atoms with Crippen LogP contribution in [0.2, 0.25) is 0 Å². The monoisotopic (exact) mass is 554 g/mol. The van der Waals surface area contributed by atoms with E-state index in [2.05, 4.69) is 60.5 Å². The Morgan fingerprint density at radius 1 is 1.10 bits per heavy atom. The summed E-state index contributed by atoms with van der Waals surface area (Å²) < 4.78 is 12.4. The van der Waals surface area contributed by atoms with Gasteiger partial charge in [0.1, 0.15) is 11.9 Å². The lowest BCUT2D eigenvalue weighted by Crippen LogP contribution is -2.46. The highest BCUT2D eigenvalue weighted by molar-refractivity contribution is 5.98. The number of piperidine rings is 1. The summed E-state index contributed by atoms with van der Waals surface area (Å²) in [5.41, 5.74) is 5.44. The molecule has 1 N–H and O–H groups in total. The zero-order valence-corrected chi connectivity index (χ0v) is 24.4. The highest BCUT2D eigenvalue weighted by Gasteiger charge is 2.34. The minimum absolute atomic E-state index is 0.0755. The van der Waals surface area contributed by atoms with Gasteiger partial charge in [-0.05, 0) is 100 Å². The number of hydrogen-bond donors (Lipinski definition) is 1. The summed E-state index contributed by atoms with van der Waals surface area (Å²) in [7, 11) is 0. The number of nitrogens with one attached hydrogen (secondary N) is 1. The van der Waals surface area contributed by atoms with Crippen LogP contribution in [0, 0.1) is 0 Å². The molecule has 4 aliphatic rings. The second-order valence-corrected chi connectivity index (χ2v) is 13.1. The Balaban J connectivity index is 0.956. The van der Waals surface area contributed by atoms with Crippen LogP contribution in [0.5, 0.6) is 5.75 Å². The lowest BCUT2D eigenvalue weighted by Gasteiger charge is -2.35. The third-order valence-corrected chi connectivity index (χ3v) is 9.45. The van der Waals surface area contributed by atoms with Crippen molar-refractivity contribution in [2.24, 2.45) is 0 Å². The van der Waals surface area contributed by atoms with Crippen molar-refractivity contribution in [3.05, 3.63) is 70.9 Å². The topological polar surface area (TPSA) is 66.9 Å². The average molecular weight is 555 g/mol. The van der Waals surface area contributed by atoms with Gasteiger partial charge in [-0.2, -0.15) is 0 Å². The molecule has 7 heteroatoms. The van der Waals surface area contributed by atoms with Crippen molar-refractivity contribution in [2.75, 3.05) is 32.8 Å². The molecule has 0 radical (unpaired) electrons. The maximum absolute atomic E-state index is 13.0. The van der Waals surface area contributed by atoms with Crippen LogP contribution >= 0.6 is 0 Å². The van der Waals surface area contributed by atoms with E-state index >= 15 is 0 Å². The highest BCUT2D eigenvalue weighted by Crippen LogP contribution is 2.36. The van der Waals surface area contributed by atoms with Crippen molar-refractivity contribution in [3.63, 3.8) is 0 Å². The van der Waals surface area contributed by atoms with Crippen molar-refractivity contribution in [1.82, 2.24) is 20.1 Å². The molecule has 0 spiro atoms. The third-order valence-electron chi connectivity index (χ3n) is 9.45. The molecule has 7 rings (SSSR count). The number of nitrogens with zero attached hydrogens (tertiary/aromatic N) is 3. The zero-order valence-electron chi connectivity index (χ0n) is 24.4. The quantitative estimate of drug-likeness (QED) is 0.448. The van der Waals surface area contributed by atoms with E-state index in [0.717, 1.165) is 93.8 Å². The smallest absolute Gasteiger partial charge is 0.254 e. The highest BCUT2D eigenvalue weighted by atomic mass is 16.5. The lowest BCUT2D eigenvalue weighted by molar-refractivity contribution is -0.0597. The second-order valence-electron chi connectivity index (χ2n) is 13.1. The molecule has 0 bridgehead atoms. The van der Waals surface area contributed by atoms with Gasteiger partial charge in [0.25, 0.3) is 5.91 Å². The van der Waals surface area contributed by atoms with Crippen LogP contribution < -0.4 is 10.1 Å². The number of rotatable bonds is 6. The van der Waals surface area contributed by atoms with E-state index in [-0.39, 0.29) is 17.6 Å². The Morgan fingerprint density at radius 3 is 2.88 bits per heavy atom. The number of carbonyl (C=O) groups excluding carboxylic acids is 1. The van der Waals surface area contributed by atoms with E-state index in [0.29, 0.717) is 18.5 Å². The van der Waals surface area contributed by atoms with E-state index in [1.54, 1.807) is 0 Å². The van der Waals surface area contributed by atoms with Gasteiger partial charge < -0.3 is 19.7 Å². The molecule has 3 aromatic rings. The molecule has 0 saturated carbocycles. The molecular formula is C34H42N4O3. The molecule has 0 aliphatic carbocycles. The molecule has 1 aromatic heterocycles. The first-order valence-electron chi connectivity index (χ1n) is 15.5. The van der Waals surface area contributed by atoms with Crippen LogP contribution in [0.4, 0.5) is 0 Å². The van der Waals surface area contributed by atoms with Crippen molar-refractivity contribution in [2.45, 2.75) is 82.7 Å². The molecule has 3 fully saturated rings. The fourth-order valence-electron chi connectivity index (χ4n) is 7.28. The largest absolute Gasteiger partial charge is 0.489 e. The lowest BCUT2D eigenvalue weighted by atomic mass is 9.86. The number of amides is 1. The van der Waals surface area contributed by atoms with Gasteiger partial charge in [0.2, 0.25) is 0 Å². The SMILES string of the molecule is CC1(C)C[C@@H](c2ccc3cc(CN4CC[C@H](Oc5ccc6c(c5)CN([C@H]5CCCNC5)C6=O)C4)ccc3n2)CCO1. The van der Waals surface area contributed by atoms with Gasteiger partial charge in [0, 0.05) is 67.9 Å². The van der Waals surface area contributed by atoms with Crippen LogP contribution in [0.1, 0.15) is 79.0 Å². The maximum atomic E-state index is 13.0. The van der Waals surface area contributed by atoms with Gasteiger partial charge in [-0.25, -0.2) is 0 Å². The Hall–Kier alpha value is -3.00. The van der Waals surface area contributed by atoms with E-state index < -0.39 is 0 Å². The number of pyridine rings is 1. The molecule has 3 saturated heterocycles. The van der Waals surface area contributed by atoms with Gasteiger partial charge in [-0.3, -0.25) is 14.7 Å². The van der Waals surface area contributed by atoms with Crippen LogP contribution in [0.25, 0.3) is 10.9 Å². The zero-order chi connectivity index (χ0) is 28.0. The number of carbonyl (C=O) groups is 1. The van der Waals surface area contributed by atoms with Crippen molar-refractivity contribution in [1.29, 1.82) is 0 Å². The summed E-state index contributed by atoms with van der Waals surface area (Å²) in [5, 5.41) is 4.64. The summed E-state index contributed by atoms with van der Waals surface area (Å²) in [4.78, 5) is 22.6. The van der Waals surface area contributed by atoms with Crippen LogP contribution in [-0.2, 0) is 17.8 Å². The Kier molecular flexibility index (Phi) is 7.21. The molecule has 2 aromatic carbocycles. The number of fused-ring (bicyclic) bond motifs is 2. The molecule has 1 amide bonds. The van der Waals surface area contributed by atoms with Crippen LogP contribution in [-0.4, -0.2) is 71.2 Å². The summed E-state index contributed by atoms with van der Waals surface area (Å²) in [6, 6.07) is 17.5. The first-order valence-corrected chi connectivity index (χ1v) is 15.5. The van der Waals surface area contributed by atoms with Crippen molar-refractivity contribution >= 4 is 16.8 Å². The number of ether oxygens (including phenoxy) is 2. The number of aromatic nitrogens is 1. The number of hydrogen-bond acceptors (Lipinski definition) is 6. The van der Waals surface area contributed by atoms with E-state index in [4.69, 9.17) is 14.5 Å². The fourth-order valence-corrected chi connectivity index (χ4v) is 7.28. The predicted molar refractivity (Wildman–Crippen MR) is 160 cm³/mol. The Morgan fingerprint density at radius 2 is 2.02 bits per heavy atom. The molecule has 3 atom stereocenters. The van der Waals surface area contributed by atoms with Crippen LogP contribution in [0.3, 0.4) is 0 Å².